The van der Waals surface area contributed by atoms with E-state index >= 15 is 0 Å². The number of hydrogen-bond acceptors (Lipinski definition) is 4. The van der Waals surface area contributed by atoms with Gasteiger partial charge < -0.3 is 5.73 Å². The SMILES string of the molecule is CC(C)C(c1nnnn1C)C(C)N. The molecule has 0 amide bonds. The molecule has 2 N–H and O–H groups in total. The highest BCUT2D eigenvalue weighted by atomic mass is 15.5. The number of nitrogens with two attached hydrogens (primary N) is 1. The number of hydrogen-bond donors (Lipinski definition) is 1. The molecule has 13 heavy (non-hydrogen) atoms. The van der Waals surface area contributed by atoms with Crippen LogP contribution >= 0.6 is 0 Å². The zero-order valence-electron chi connectivity index (χ0n) is 8.60. The molecule has 5 heteroatoms. The first kappa shape index (κ1) is 10.1. The first-order chi connectivity index (χ1) is 6.04. The van der Waals surface area contributed by atoms with Crippen LogP contribution in [0, 0.1) is 5.92 Å². The fraction of sp³-hybridized carbons (Fsp3) is 0.875. The average molecular weight is 183 g/mol. The molecular formula is C8H17N5. The Morgan fingerprint density at radius 3 is 2.23 bits per heavy atom. The van der Waals surface area contributed by atoms with Gasteiger partial charge in [0.15, 0.2) is 5.82 Å². The molecule has 1 aromatic rings. The van der Waals surface area contributed by atoms with E-state index in [9.17, 15) is 0 Å². The van der Waals surface area contributed by atoms with Gasteiger partial charge >= 0.3 is 0 Å². The molecule has 2 atom stereocenters. The van der Waals surface area contributed by atoms with Crippen LogP contribution in [-0.4, -0.2) is 26.2 Å². The van der Waals surface area contributed by atoms with E-state index in [1.807, 2.05) is 14.0 Å². The smallest absolute Gasteiger partial charge is 0.155 e. The number of tetrazole rings is 1. The second-order valence-corrected chi connectivity index (χ2v) is 3.79. The van der Waals surface area contributed by atoms with Crippen molar-refractivity contribution in [3.63, 3.8) is 0 Å². The van der Waals surface area contributed by atoms with Crippen molar-refractivity contribution in [3.8, 4) is 0 Å². The summed E-state index contributed by atoms with van der Waals surface area (Å²) in [6, 6.07) is 0.0738. The fourth-order valence-electron chi connectivity index (χ4n) is 1.66. The molecule has 0 saturated heterocycles. The predicted octanol–water partition coefficient (Wildman–Crippen LogP) is 0.297. The minimum absolute atomic E-state index is 0.0738. The molecular weight excluding hydrogens is 166 g/mol. The third-order valence-electron chi connectivity index (χ3n) is 2.24. The van der Waals surface area contributed by atoms with Crippen molar-refractivity contribution in [1.29, 1.82) is 0 Å². The Bertz CT molecular complexity index is 257. The third-order valence-corrected chi connectivity index (χ3v) is 2.24. The van der Waals surface area contributed by atoms with Crippen LogP contribution in [0.15, 0.2) is 0 Å². The topological polar surface area (TPSA) is 69.6 Å². The summed E-state index contributed by atoms with van der Waals surface area (Å²) in [4.78, 5) is 0. The van der Waals surface area contributed by atoms with Gasteiger partial charge in [-0.05, 0) is 23.3 Å². The van der Waals surface area contributed by atoms with E-state index in [1.165, 1.54) is 0 Å². The van der Waals surface area contributed by atoms with Crippen molar-refractivity contribution in [1.82, 2.24) is 20.2 Å². The van der Waals surface area contributed by atoms with Crippen LogP contribution in [0.1, 0.15) is 32.5 Å². The van der Waals surface area contributed by atoms with E-state index in [0.717, 1.165) is 5.82 Å². The maximum absolute atomic E-state index is 5.89. The van der Waals surface area contributed by atoms with E-state index in [4.69, 9.17) is 5.73 Å². The van der Waals surface area contributed by atoms with Gasteiger partial charge in [0.1, 0.15) is 0 Å². The molecule has 1 aromatic heterocycles. The van der Waals surface area contributed by atoms with Crippen molar-refractivity contribution < 1.29 is 0 Å². The molecule has 1 rings (SSSR count). The van der Waals surface area contributed by atoms with Crippen molar-refractivity contribution >= 4 is 0 Å². The maximum atomic E-state index is 5.89. The normalized spacial score (nSPS) is 16.2. The number of rotatable bonds is 3. The lowest BCUT2D eigenvalue weighted by Gasteiger charge is -2.22. The minimum Gasteiger partial charge on any atom is -0.327 e. The number of aromatic nitrogens is 4. The van der Waals surface area contributed by atoms with Crippen molar-refractivity contribution in [2.75, 3.05) is 0 Å². The van der Waals surface area contributed by atoms with Gasteiger partial charge in [-0.25, -0.2) is 4.68 Å². The molecule has 2 unspecified atom stereocenters. The van der Waals surface area contributed by atoms with Gasteiger partial charge in [0, 0.05) is 19.0 Å². The van der Waals surface area contributed by atoms with Gasteiger partial charge in [0.25, 0.3) is 0 Å². The lowest BCUT2D eigenvalue weighted by molar-refractivity contribution is 0.403. The summed E-state index contributed by atoms with van der Waals surface area (Å²) < 4.78 is 1.69. The van der Waals surface area contributed by atoms with E-state index in [1.54, 1.807) is 4.68 Å². The van der Waals surface area contributed by atoms with Crippen LogP contribution in [0.2, 0.25) is 0 Å². The monoisotopic (exact) mass is 183 g/mol. The molecule has 0 spiro atoms. The molecule has 0 aliphatic rings. The molecule has 0 aliphatic heterocycles. The molecule has 74 valence electrons. The Morgan fingerprint density at radius 1 is 1.31 bits per heavy atom. The van der Waals surface area contributed by atoms with E-state index in [-0.39, 0.29) is 12.0 Å². The summed E-state index contributed by atoms with van der Waals surface area (Å²) >= 11 is 0. The second-order valence-electron chi connectivity index (χ2n) is 3.79. The van der Waals surface area contributed by atoms with Gasteiger partial charge in [0.05, 0.1) is 0 Å². The number of nitrogens with zero attached hydrogens (tertiary/aromatic N) is 4. The van der Waals surface area contributed by atoms with Crippen LogP contribution < -0.4 is 5.73 Å². The highest BCUT2D eigenvalue weighted by Crippen LogP contribution is 2.23. The minimum atomic E-state index is 0.0738. The maximum Gasteiger partial charge on any atom is 0.155 e. The third kappa shape index (κ3) is 2.03. The highest BCUT2D eigenvalue weighted by Gasteiger charge is 2.24. The summed E-state index contributed by atoms with van der Waals surface area (Å²) in [6.07, 6.45) is 0. The van der Waals surface area contributed by atoms with E-state index in [2.05, 4.69) is 29.4 Å². The van der Waals surface area contributed by atoms with Crippen molar-refractivity contribution in [2.24, 2.45) is 18.7 Å². The molecule has 0 aromatic carbocycles. The first-order valence-electron chi connectivity index (χ1n) is 4.52. The van der Waals surface area contributed by atoms with Gasteiger partial charge in [-0.3, -0.25) is 0 Å². The Morgan fingerprint density at radius 2 is 1.92 bits per heavy atom. The Balaban J connectivity index is 2.95. The second kappa shape index (κ2) is 3.83. The van der Waals surface area contributed by atoms with Crippen LogP contribution in [0.4, 0.5) is 0 Å². The van der Waals surface area contributed by atoms with E-state index < -0.39 is 0 Å². The molecule has 0 fully saturated rings. The van der Waals surface area contributed by atoms with Crippen LogP contribution in [-0.2, 0) is 7.05 Å². The zero-order chi connectivity index (χ0) is 10.0. The lowest BCUT2D eigenvalue weighted by atomic mass is 9.89. The molecule has 1 heterocycles. The summed E-state index contributed by atoms with van der Waals surface area (Å²) in [6.45, 7) is 6.24. The predicted molar refractivity (Wildman–Crippen MR) is 50.0 cm³/mol. The standard InChI is InChI=1S/C8H17N5/c1-5(2)7(6(3)9)8-10-11-12-13(8)4/h5-7H,9H2,1-4H3. The van der Waals surface area contributed by atoms with Crippen LogP contribution in [0.3, 0.4) is 0 Å². The fourth-order valence-corrected chi connectivity index (χ4v) is 1.66. The Kier molecular flexibility index (Phi) is 2.98. The van der Waals surface area contributed by atoms with Gasteiger partial charge in [-0.15, -0.1) is 5.10 Å². The average Bonchev–Trinajstić information content (AvgIpc) is 2.35. The van der Waals surface area contributed by atoms with Gasteiger partial charge in [-0.1, -0.05) is 13.8 Å². The van der Waals surface area contributed by atoms with Gasteiger partial charge in [0.2, 0.25) is 0 Å². The summed E-state index contributed by atoms with van der Waals surface area (Å²) in [5.74, 6) is 1.54. The quantitative estimate of drug-likeness (QED) is 0.731. The first-order valence-corrected chi connectivity index (χ1v) is 4.52. The largest absolute Gasteiger partial charge is 0.327 e. The zero-order valence-corrected chi connectivity index (χ0v) is 8.60. The van der Waals surface area contributed by atoms with Crippen molar-refractivity contribution in [3.05, 3.63) is 5.82 Å². The summed E-state index contributed by atoms with van der Waals surface area (Å²) in [5, 5.41) is 11.4. The molecule has 0 aliphatic carbocycles. The summed E-state index contributed by atoms with van der Waals surface area (Å²) in [7, 11) is 1.84. The molecule has 0 saturated carbocycles. The highest BCUT2D eigenvalue weighted by molar-refractivity contribution is 4.99. The van der Waals surface area contributed by atoms with Gasteiger partial charge in [-0.2, -0.15) is 0 Å². The number of aryl methyl sites for hydroxylation is 1. The summed E-state index contributed by atoms with van der Waals surface area (Å²) in [5.41, 5.74) is 5.89. The lowest BCUT2D eigenvalue weighted by Crippen LogP contribution is -2.30. The Labute approximate surface area is 78.3 Å². The van der Waals surface area contributed by atoms with E-state index in [0.29, 0.717) is 5.92 Å². The van der Waals surface area contributed by atoms with Crippen LogP contribution in [0.5, 0.6) is 0 Å². The molecule has 5 nitrogen and oxygen atoms in total. The molecule has 0 radical (unpaired) electrons. The van der Waals surface area contributed by atoms with Crippen molar-refractivity contribution in [2.45, 2.75) is 32.7 Å². The molecule has 0 bridgehead atoms. The van der Waals surface area contributed by atoms with Crippen LogP contribution in [0.25, 0.3) is 0 Å². The Hall–Kier alpha value is -0.970.